The molecule has 1 aliphatic carbocycles. The topological polar surface area (TPSA) is 38.0 Å². The molecule has 1 saturated carbocycles. The smallest absolute Gasteiger partial charge is 0.145 e. The lowest BCUT2D eigenvalue weighted by atomic mass is 10.1. The minimum absolute atomic E-state index is 0.297. The van der Waals surface area contributed by atoms with Gasteiger partial charge < -0.3 is 9.67 Å². The van der Waals surface area contributed by atoms with Gasteiger partial charge in [-0.05, 0) is 55.7 Å². The summed E-state index contributed by atoms with van der Waals surface area (Å²) in [6.45, 7) is 1.98. The van der Waals surface area contributed by atoms with Crippen LogP contribution >= 0.6 is 15.9 Å². The fourth-order valence-electron chi connectivity index (χ4n) is 2.80. The van der Waals surface area contributed by atoms with Crippen LogP contribution in [0.1, 0.15) is 24.4 Å². The van der Waals surface area contributed by atoms with Crippen LogP contribution in [0.25, 0.3) is 22.4 Å². The van der Waals surface area contributed by atoms with Crippen LogP contribution in [0.4, 0.5) is 0 Å². The molecule has 0 unspecified atom stereocenters. The Kier molecular flexibility index (Phi) is 2.82. The number of hydrogen-bond donors (Lipinski definition) is 1. The van der Waals surface area contributed by atoms with E-state index in [1.807, 2.05) is 31.2 Å². The minimum atomic E-state index is 0.297. The van der Waals surface area contributed by atoms with Gasteiger partial charge in [0.1, 0.15) is 11.6 Å². The second-order valence-corrected chi connectivity index (χ2v) is 6.61. The van der Waals surface area contributed by atoms with E-state index in [1.54, 1.807) is 6.07 Å². The Balaban J connectivity index is 2.01. The van der Waals surface area contributed by atoms with Gasteiger partial charge in [-0.1, -0.05) is 22.0 Å². The highest BCUT2D eigenvalue weighted by molar-refractivity contribution is 9.10. The Morgan fingerprint density at radius 2 is 2.00 bits per heavy atom. The first kappa shape index (κ1) is 12.9. The number of nitrogens with zero attached hydrogens (tertiary/aromatic N) is 2. The lowest BCUT2D eigenvalue weighted by molar-refractivity contribution is 0.476. The number of phenolic OH excluding ortho intramolecular Hbond substituents is 1. The molecule has 0 saturated heterocycles. The summed E-state index contributed by atoms with van der Waals surface area (Å²) in [5.74, 6) is 1.16. The predicted octanol–water partition coefficient (Wildman–Crippen LogP) is 4.81. The van der Waals surface area contributed by atoms with Gasteiger partial charge in [0.2, 0.25) is 0 Å². The third-order valence-electron chi connectivity index (χ3n) is 3.96. The molecule has 3 aromatic rings. The van der Waals surface area contributed by atoms with E-state index in [0.717, 1.165) is 32.5 Å². The van der Waals surface area contributed by atoms with Crippen LogP contribution in [0.2, 0.25) is 0 Å². The van der Waals surface area contributed by atoms with Crippen molar-refractivity contribution in [3.63, 3.8) is 0 Å². The summed E-state index contributed by atoms with van der Waals surface area (Å²) in [7, 11) is 0. The zero-order valence-corrected chi connectivity index (χ0v) is 13.3. The number of hydrogen-bond acceptors (Lipinski definition) is 2. The highest BCUT2D eigenvalue weighted by atomic mass is 79.9. The Morgan fingerprint density at radius 3 is 2.71 bits per heavy atom. The molecule has 106 valence electrons. The molecule has 0 atom stereocenters. The molecule has 1 fully saturated rings. The molecule has 21 heavy (non-hydrogen) atoms. The minimum Gasteiger partial charge on any atom is -0.507 e. The molecule has 0 spiro atoms. The number of imidazole rings is 1. The average molecular weight is 343 g/mol. The molecule has 4 heteroatoms. The molecule has 1 heterocycles. The third-order valence-corrected chi connectivity index (χ3v) is 4.45. The second-order valence-electron chi connectivity index (χ2n) is 5.69. The SMILES string of the molecule is Cc1ccc(-c2nc3cc(Br)ccc3n2C2CC2)c(O)c1. The van der Waals surface area contributed by atoms with Crippen molar-refractivity contribution in [1.82, 2.24) is 9.55 Å². The van der Waals surface area contributed by atoms with Crippen molar-refractivity contribution in [2.24, 2.45) is 0 Å². The normalized spacial score (nSPS) is 14.8. The molecule has 1 N–H and O–H groups in total. The largest absolute Gasteiger partial charge is 0.507 e. The van der Waals surface area contributed by atoms with E-state index in [1.165, 1.54) is 12.8 Å². The number of aromatic hydroxyl groups is 1. The van der Waals surface area contributed by atoms with E-state index in [4.69, 9.17) is 4.98 Å². The van der Waals surface area contributed by atoms with E-state index in [-0.39, 0.29) is 0 Å². The molecule has 0 bridgehead atoms. The van der Waals surface area contributed by atoms with Crippen molar-refractivity contribution >= 4 is 27.0 Å². The number of halogens is 1. The first-order chi connectivity index (χ1) is 10.1. The van der Waals surface area contributed by atoms with E-state index in [9.17, 15) is 5.11 Å². The van der Waals surface area contributed by atoms with Crippen molar-refractivity contribution in [3.05, 3.63) is 46.4 Å². The van der Waals surface area contributed by atoms with Gasteiger partial charge in [-0.15, -0.1) is 0 Å². The van der Waals surface area contributed by atoms with Crippen molar-refractivity contribution < 1.29 is 5.11 Å². The van der Waals surface area contributed by atoms with Crippen molar-refractivity contribution in [2.75, 3.05) is 0 Å². The lowest BCUT2D eigenvalue weighted by Crippen LogP contribution is -1.97. The van der Waals surface area contributed by atoms with Crippen LogP contribution in [0, 0.1) is 6.92 Å². The zero-order valence-electron chi connectivity index (χ0n) is 11.7. The number of fused-ring (bicyclic) bond motifs is 1. The summed E-state index contributed by atoms with van der Waals surface area (Å²) in [5, 5.41) is 10.3. The van der Waals surface area contributed by atoms with Crippen molar-refractivity contribution in [2.45, 2.75) is 25.8 Å². The summed E-state index contributed by atoms with van der Waals surface area (Å²) >= 11 is 3.50. The van der Waals surface area contributed by atoms with Gasteiger partial charge in [-0.25, -0.2) is 4.98 Å². The van der Waals surface area contributed by atoms with E-state index in [2.05, 4.69) is 26.6 Å². The maximum atomic E-state index is 10.3. The summed E-state index contributed by atoms with van der Waals surface area (Å²) in [4.78, 5) is 4.77. The Hall–Kier alpha value is -1.81. The van der Waals surface area contributed by atoms with Gasteiger partial charge in [0, 0.05) is 10.5 Å². The van der Waals surface area contributed by atoms with Crippen LogP contribution < -0.4 is 0 Å². The summed E-state index contributed by atoms with van der Waals surface area (Å²) in [6, 6.07) is 12.4. The molecule has 2 aromatic carbocycles. The van der Waals surface area contributed by atoms with Gasteiger partial charge in [0.15, 0.2) is 0 Å². The van der Waals surface area contributed by atoms with Crippen LogP contribution in [0.15, 0.2) is 40.9 Å². The number of aryl methyl sites for hydroxylation is 1. The monoisotopic (exact) mass is 342 g/mol. The highest BCUT2D eigenvalue weighted by Gasteiger charge is 2.29. The van der Waals surface area contributed by atoms with Gasteiger partial charge in [0.25, 0.3) is 0 Å². The van der Waals surface area contributed by atoms with Crippen LogP contribution in [0.3, 0.4) is 0 Å². The summed E-state index contributed by atoms with van der Waals surface area (Å²) < 4.78 is 3.29. The number of rotatable bonds is 2. The fraction of sp³-hybridized carbons (Fsp3) is 0.235. The fourth-order valence-corrected chi connectivity index (χ4v) is 3.14. The van der Waals surface area contributed by atoms with Gasteiger partial charge >= 0.3 is 0 Å². The van der Waals surface area contributed by atoms with Crippen LogP contribution in [0.5, 0.6) is 5.75 Å². The third kappa shape index (κ3) is 2.14. The maximum Gasteiger partial charge on any atom is 0.145 e. The van der Waals surface area contributed by atoms with Crippen LogP contribution in [-0.2, 0) is 0 Å². The molecule has 0 amide bonds. The highest BCUT2D eigenvalue weighted by Crippen LogP contribution is 2.43. The standard InChI is InChI=1S/C17H15BrN2O/c1-10-2-6-13(16(21)8-10)17-19-14-9-11(18)3-7-15(14)20(17)12-4-5-12/h2-3,6-9,12,21H,4-5H2,1H3. The summed E-state index contributed by atoms with van der Waals surface area (Å²) in [6.07, 6.45) is 2.36. The molecule has 1 aromatic heterocycles. The van der Waals surface area contributed by atoms with Gasteiger partial charge in [-0.3, -0.25) is 0 Å². The van der Waals surface area contributed by atoms with E-state index >= 15 is 0 Å². The Bertz CT molecular complexity index is 849. The predicted molar refractivity (Wildman–Crippen MR) is 87.5 cm³/mol. The van der Waals surface area contributed by atoms with Gasteiger partial charge in [0.05, 0.1) is 16.6 Å². The lowest BCUT2D eigenvalue weighted by Gasteiger charge is -2.09. The molecular formula is C17H15BrN2O. The first-order valence-electron chi connectivity index (χ1n) is 7.11. The molecule has 0 radical (unpaired) electrons. The summed E-state index contributed by atoms with van der Waals surface area (Å²) in [5.41, 5.74) is 3.95. The molecular weight excluding hydrogens is 328 g/mol. The maximum absolute atomic E-state index is 10.3. The van der Waals surface area contributed by atoms with Crippen LogP contribution in [-0.4, -0.2) is 14.7 Å². The first-order valence-corrected chi connectivity index (χ1v) is 7.90. The second kappa shape index (κ2) is 4.60. The van der Waals surface area contributed by atoms with E-state index in [0.29, 0.717) is 11.8 Å². The van der Waals surface area contributed by atoms with Crippen molar-refractivity contribution in [3.8, 4) is 17.1 Å². The average Bonchev–Trinajstić information content (AvgIpc) is 3.20. The molecule has 1 aliphatic rings. The Labute approximate surface area is 131 Å². The molecule has 4 rings (SSSR count). The number of aromatic nitrogens is 2. The Morgan fingerprint density at radius 1 is 1.19 bits per heavy atom. The number of benzene rings is 2. The van der Waals surface area contributed by atoms with Crippen molar-refractivity contribution in [1.29, 1.82) is 0 Å². The quantitative estimate of drug-likeness (QED) is 0.725. The number of phenols is 1. The molecule has 3 nitrogen and oxygen atoms in total. The van der Waals surface area contributed by atoms with Gasteiger partial charge in [-0.2, -0.15) is 0 Å². The molecule has 0 aliphatic heterocycles. The zero-order chi connectivity index (χ0) is 14.6. The van der Waals surface area contributed by atoms with E-state index < -0.39 is 0 Å².